The molecule has 100 valence electrons. The van der Waals surface area contributed by atoms with Crippen molar-refractivity contribution in [2.45, 2.75) is 13.5 Å². The van der Waals surface area contributed by atoms with Crippen molar-refractivity contribution in [3.63, 3.8) is 0 Å². The van der Waals surface area contributed by atoms with Crippen molar-refractivity contribution in [1.29, 1.82) is 0 Å². The zero-order valence-electron chi connectivity index (χ0n) is 10.7. The van der Waals surface area contributed by atoms with Crippen LogP contribution in [0.3, 0.4) is 0 Å². The lowest BCUT2D eigenvalue weighted by molar-refractivity contribution is 0.0945. The number of carbonyl (C=O) groups is 1. The Morgan fingerprint density at radius 2 is 2.26 bits per heavy atom. The number of halogens is 1. The minimum absolute atomic E-state index is 0.251. The van der Waals surface area contributed by atoms with Gasteiger partial charge in [-0.1, -0.05) is 11.6 Å². The van der Waals surface area contributed by atoms with Crippen LogP contribution in [0.5, 0.6) is 5.75 Å². The molecule has 19 heavy (non-hydrogen) atoms. The Labute approximate surface area is 116 Å². The molecule has 4 nitrogen and oxygen atoms in total. The topological polar surface area (TPSA) is 51.5 Å². The van der Waals surface area contributed by atoms with Crippen LogP contribution in [0, 0.1) is 6.92 Å². The molecule has 1 amide bonds. The highest BCUT2D eigenvalue weighted by Gasteiger charge is 2.15. The summed E-state index contributed by atoms with van der Waals surface area (Å²) in [6.07, 6.45) is 1.56. The molecule has 2 rings (SSSR count). The number of hydrogen-bond donors (Lipinski definition) is 1. The van der Waals surface area contributed by atoms with Crippen molar-refractivity contribution < 1.29 is 13.9 Å². The Kier molecular flexibility index (Phi) is 4.12. The van der Waals surface area contributed by atoms with Crippen molar-refractivity contribution in [3.05, 3.63) is 52.4 Å². The highest BCUT2D eigenvalue weighted by Crippen LogP contribution is 2.27. The summed E-state index contributed by atoms with van der Waals surface area (Å²) < 4.78 is 10.4. The monoisotopic (exact) mass is 279 g/mol. The van der Waals surface area contributed by atoms with Gasteiger partial charge in [0.05, 0.1) is 25.5 Å². The van der Waals surface area contributed by atoms with E-state index in [4.69, 9.17) is 20.8 Å². The molecule has 0 aliphatic carbocycles. The summed E-state index contributed by atoms with van der Waals surface area (Å²) in [5, 5.41) is 3.26. The molecule has 5 heteroatoms. The summed E-state index contributed by atoms with van der Waals surface area (Å²) in [5.41, 5.74) is 1.23. The average Bonchev–Trinajstić information content (AvgIpc) is 2.88. The lowest BCUT2D eigenvalue weighted by Gasteiger charge is -2.11. The normalized spacial score (nSPS) is 10.3. The molecule has 1 heterocycles. The summed E-state index contributed by atoms with van der Waals surface area (Å²) in [7, 11) is 1.53. The molecule has 0 spiro atoms. The van der Waals surface area contributed by atoms with E-state index in [1.165, 1.54) is 7.11 Å². The molecular weight excluding hydrogens is 266 g/mol. The van der Waals surface area contributed by atoms with Crippen LogP contribution in [0.1, 0.15) is 21.7 Å². The van der Waals surface area contributed by atoms with E-state index in [0.717, 1.165) is 5.56 Å². The van der Waals surface area contributed by atoms with Crippen molar-refractivity contribution >= 4 is 17.5 Å². The van der Waals surface area contributed by atoms with E-state index in [-0.39, 0.29) is 5.91 Å². The Bertz CT molecular complexity index is 579. The third-order valence-corrected chi connectivity index (χ3v) is 2.91. The third kappa shape index (κ3) is 3.09. The first-order chi connectivity index (χ1) is 9.11. The molecule has 0 fully saturated rings. The van der Waals surface area contributed by atoms with E-state index in [1.54, 1.807) is 30.5 Å². The molecule has 0 unspecified atom stereocenters. The lowest BCUT2D eigenvalue weighted by Crippen LogP contribution is -2.23. The van der Waals surface area contributed by atoms with Gasteiger partial charge in [-0.2, -0.15) is 0 Å². The van der Waals surface area contributed by atoms with Crippen LogP contribution >= 0.6 is 11.6 Å². The number of benzene rings is 1. The summed E-state index contributed by atoms with van der Waals surface area (Å²) >= 11 is 5.97. The first kappa shape index (κ1) is 13.5. The van der Waals surface area contributed by atoms with Gasteiger partial charge in [-0.3, -0.25) is 4.79 Å². The van der Waals surface area contributed by atoms with E-state index in [1.807, 2.05) is 6.92 Å². The van der Waals surface area contributed by atoms with Crippen molar-refractivity contribution in [3.8, 4) is 5.75 Å². The van der Waals surface area contributed by atoms with Gasteiger partial charge in [-0.15, -0.1) is 0 Å². The van der Waals surface area contributed by atoms with Gasteiger partial charge in [0.1, 0.15) is 11.5 Å². The van der Waals surface area contributed by atoms with Crippen molar-refractivity contribution in [2.75, 3.05) is 7.11 Å². The minimum Gasteiger partial charge on any atom is -0.496 e. The molecule has 0 atom stereocenters. The molecule has 0 radical (unpaired) electrons. The van der Waals surface area contributed by atoms with Crippen LogP contribution in [0.15, 0.2) is 34.9 Å². The van der Waals surface area contributed by atoms with Gasteiger partial charge in [0, 0.05) is 5.02 Å². The zero-order chi connectivity index (χ0) is 13.8. The summed E-state index contributed by atoms with van der Waals surface area (Å²) in [5.74, 6) is 0.964. The Hall–Kier alpha value is -1.94. The van der Waals surface area contributed by atoms with Crippen molar-refractivity contribution in [2.24, 2.45) is 0 Å². The Balaban J connectivity index is 2.18. The quantitative estimate of drug-likeness (QED) is 0.935. The second kappa shape index (κ2) is 5.80. The summed E-state index contributed by atoms with van der Waals surface area (Å²) in [6, 6.07) is 6.90. The molecule has 1 aromatic heterocycles. The third-order valence-electron chi connectivity index (χ3n) is 2.69. The molecule has 0 saturated heterocycles. The SMILES string of the molecule is COc1c(C)cc(Cl)cc1C(=O)NCc1ccco1. The number of carbonyl (C=O) groups excluding carboxylic acids is 1. The van der Waals surface area contributed by atoms with Gasteiger partial charge >= 0.3 is 0 Å². The molecular formula is C14H14ClNO3. The van der Waals surface area contributed by atoms with Gasteiger partial charge in [0.25, 0.3) is 5.91 Å². The fourth-order valence-electron chi connectivity index (χ4n) is 1.85. The molecule has 0 aliphatic heterocycles. The minimum atomic E-state index is -0.251. The molecule has 0 saturated carbocycles. The number of nitrogens with one attached hydrogen (secondary N) is 1. The van der Waals surface area contributed by atoms with Gasteiger partial charge in [-0.25, -0.2) is 0 Å². The maximum atomic E-state index is 12.1. The van der Waals surface area contributed by atoms with Gasteiger partial charge in [0.2, 0.25) is 0 Å². The molecule has 1 N–H and O–H groups in total. The number of aryl methyl sites for hydroxylation is 1. The maximum Gasteiger partial charge on any atom is 0.255 e. The van der Waals surface area contributed by atoms with E-state index in [0.29, 0.717) is 28.6 Å². The lowest BCUT2D eigenvalue weighted by atomic mass is 10.1. The Morgan fingerprint density at radius 1 is 1.47 bits per heavy atom. The van der Waals surface area contributed by atoms with Crippen LogP contribution < -0.4 is 10.1 Å². The van der Waals surface area contributed by atoms with Gasteiger partial charge in [0.15, 0.2) is 0 Å². The van der Waals surface area contributed by atoms with E-state index in [2.05, 4.69) is 5.32 Å². The Morgan fingerprint density at radius 3 is 2.89 bits per heavy atom. The second-order valence-corrected chi connectivity index (χ2v) is 4.50. The fourth-order valence-corrected chi connectivity index (χ4v) is 2.12. The number of hydrogen-bond acceptors (Lipinski definition) is 3. The predicted molar refractivity (Wildman–Crippen MR) is 72.6 cm³/mol. The highest BCUT2D eigenvalue weighted by molar-refractivity contribution is 6.31. The average molecular weight is 280 g/mol. The first-order valence-electron chi connectivity index (χ1n) is 5.76. The molecule has 0 bridgehead atoms. The van der Waals surface area contributed by atoms with E-state index in [9.17, 15) is 4.79 Å². The van der Waals surface area contributed by atoms with Crippen LogP contribution in [0.2, 0.25) is 5.02 Å². The summed E-state index contributed by atoms with van der Waals surface area (Å²) in [6.45, 7) is 2.16. The highest BCUT2D eigenvalue weighted by atomic mass is 35.5. The summed E-state index contributed by atoms with van der Waals surface area (Å²) in [4.78, 5) is 12.1. The fraction of sp³-hybridized carbons (Fsp3) is 0.214. The number of rotatable bonds is 4. The first-order valence-corrected chi connectivity index (χ1v) is 6.14. The van der Waals surface area contributed by atoms with E-state index < -0.39 is 0 Å². The van der Waals surface area contributed by atoms with Crippen LogP contribution in [-0.4, -0.2) is 13.0 Å². The largest absolute Gasteiger partial charge is 0.496 e. The smallest absolute Gasteiger partial charge is 0.255 e. The number of amides is 1. The maximum absolute atomic E-state index is 12.1. The van der Waals surface area contributed by atoms with Gasteiger partial charge in [-0.05, 0) is 36.8 Å². The molecule has 1 aromatic carbocycles. The van der Waals surface area contributed by atoms with Crippen molar-refractivity contribution in [1.82, 2.24) is 5.32 Å². The standard InChI is InChI=1S/C14H14ClNO3/c1-9-6-10(15)7-12(13(9)18-2)14(17)16-8-11-4-3-5-19-11/h3-7H,8H2,1-2H3,(H,16,17). The van der Waals surface area contributed by atoms with Crippen LogP contribution in [0.4, 0.5) is 0 Å². The number of furan rings is 1. The molecule has 0 aliphatic rings. The van der Waals surface area contributed by atoms with E-state index >= 15 is 0 Å². The number of ether oxygens (including phenoxy) is 1. The van der Waals surface area contributed by atoms with Gasteiger partial charge < -0.3 is 14.5 Å². The second-order valence-electron chi connectivity index (χ2n) is 4.07. The number of methoxy groups -OCH3 is 1. The molecule has 2 aromatic rings. The van der Waals surface area contributed by atoms with Crippen LogP contribution in [-0.2, 0) is 6.54 Å². The predicted octanol–water partition coefficient (Wildman–Crippen LogP) is 3.18. The van der Waals surface area contributed by atoms with Crippen LogP contribution in [0.25, 0.3) is 0 Å². The zero-order valence-corrected chi connectivity index (χ0v) is 11.5.